The molecule has 0 spiro atoms. The molecule has 0 radical (unpaired) electrons. The highest BCUT2D eigenvalue weighted by Gasteiger charge is 2.00. The van der Waals surface area contributed by atoms with Crippen molar-refractivity contribution in [2.45, 2.75) is 0 Å². The number of likely N-dealkylation sites (N-methyl/N-ethyl adjacent to an activating group) is 1. The number of hydrogen-bond donors (Lipinski definition) is 4. The van der Waals surface area contributed by atoms with Crippen molar-refractivity contribution in [2.24, 2.45) is 0 Å². The van der Waals surface area contributed by atoms with Crippen LogP contribution in [0.2, 0.25) is 10.0 Å². The fraction of sp³-hybridized carbons (Fsp3) is 0.364. The van der Waals surface area contributed by atoms with Crippen LogP contribution in [0.4, 0.5) is 5.69 Å². The van der Waals surface area contributed by atoms with Gasteiger partial charge in [0.1, 0.15) is 0 Å². The van der Waals surface area contributed by atoms with Crippen molar-refractivity contribution in [3.8, 4) is 0 Å². The molecule has 1 rings (SSSR count). The van der Waals surface area contributed by atoms with E-state index >= 15 is 0 Å². The molecule has 4 nitrogen and oxygen atoms in total. The Balaban J connectivity index is 2.31. The van der Waals surface area contributed by atoms with Gasteiger partial charge in [0.25, 0.3) is 0 Å². The second kappa shape index (κ2) is 7.63. The summed E-state index contributed by atoms with van der Waals surface area (Å²) >= 11 is 16.8. The molecule has 0 saturated carbocycles. The van der Waals surface area contributed by atoms with E-state index in [4.69, 9.17) is 35.4 Å². The van der Waals surface area contributed by atoms with Crippen molar-refractivity contribution in [3.63, 3.8) is 0 Å². The Kier molecular flexibility index (Phi) is 6.49. The molecule has 0 fully saturated rings. The molecule has 18 heavy (non-hydrogen) atoms. The summed E-state index contributed by atoms with van der Waals surface area (Å²) < 4.78 is 0. The van der Waals surface area contributed by atoms with E-state index in [1.54, 1.807) is 12.1 Å². The zero-order chi connectivity index (χ0) is 13.5. The van der Waals surface area contributed by atoms with Gasteiger partial charge in [-0.1, -0.05) is 23.2 Å². The Morgan fingerprint density at radius 2 is 2.00 bits per heavy atom. The molecule has 0 atom stereocenters. The van der Waals surface area contributed by atoms with E-state index in [9.17, 15) is 0 Å². The molecule has 0 unspecified atom stereocenters. The third-order valence-corrected chi connectivity index (χ3v) is 3.14. The number of halogens is 2. The number of hydrogen-bond acceptors (Lipinski definition) is 2. The predicted octanol–water partition coefficient (Wildman–Crippen LogP) is 0.929. The topological polar surface area (TPSA) is 40.5 Å². The zero-order valence-corrected chi connectivity index (χ0v) is 12.6. The third-order valence-electron chi connectivity index (χ3n) is 2.15. The second-order valence-electron chi connectivity index (χ2n) is 4.09. The van der Waals surface area contributed by atoms with Gasteiger partial charge < -0.3 is 10.2 Å². The average molecular weight is 308 g/mol. The van der Waals surface area contributed by atoms with Crippen LogP contribution in [0.3, 0.4) is 0 Å². The van der Waals surface area contributed by atoms with Gasteiger partial charge in [0.05, 0.1) is 42.9 Å². The highest BCUT2D eigenvalue weighted by atomic mass is 35.5. The van der Waals surface area contributed by atoms with Crippen molar-refractivity contribution in [2.75, 3.05) is 32.6 Å². The lowest BCUT2D eigenvalue weighted by Gasteiger charge is -2.13. The predicted molar refractivity (Wildman–Crippen MR) is 81.5 cm³/mol. The van der Waals surface area contributed by atoms with Crippen LogP contribution in [-0.2, 0) is 0 Å². The minimum Gasteiger partial charge on any atom is -0.356 e. The van der Waals surface area contributed by atoms with E-state index in [1.165, 1.54) is 4.90 Å². The molecule has 0 aliphatic carbocycles. The van der Waals surface area contributed by atoms with Crippen LogP contribution < -0.4 is 21.1 Å². The minimum atomic E-state index is 0.499. The Morgan fingerprint density at radius 3 is 2.61 bits per heavy atom. The van der Waals surface area contributed by atoms with Gasteiger partial charge in [-0.3, -0.25) is 10.9 Å². The van der Waals surface area contributed by atoms with E-state index in [0.29, 0.717) is 15.2 Å². The van der Waals surface area contributed by atoms with Crippen LogP contribution in [0.25, 0.3) is 0 Å². The molecular formula is C11H17Cl2N4S+. The molecule has 0 aliphatic heterocycles. The van der Waals surface area contributed by atoms with E-state index < -0.39 is 0 Å². The van der Waals surface area contributed by atoms with Crippen molar-refractivity contribution < 1.29 is 4.90 Å². The molecule has 0 bridgehead atoms. The zero-order valence-electron chi connectivity index (χ0n) is 10.3. The van der Waals surface area contributed by atoms with Gasteiger partial charge in [0.15, 0.2) is 5.11 Å². The summed E-state index contributed by atoms with van der Waals surface area (Å²) in [4.78, 5) is 1.36. The monoisotopic (exact) mass is 307 g/mol. The standard InChI is InChI=1S/C11H16Cl2N4S/c1-17(2)6-5-14-11(18)16-15-8-3-4-9(12)10(13)7-8/h3-4,7,15H,5-6H2,1-2H3,(H2,14,16,18)/p+1. The molecule has 1 aromatic carbocycles. The van der Waals surface area contributed by atoms with Crippen LogP contribution in [0.1, 0.15) is 0 Å². The third kappa shape index (κ3) is 5.73. The van der Waals surface area contributed by atoms with E-state index in [2.05, 4.69) is 30.3 Å². The number of benzene rings is 1. The molecule has 0 heterocycles. The lowest BCUT2D eigenvalue weighted by molar-refractivity contribution is -0.856. The lowest BCUT2D eigenvalue weighted by atomic mass is 10.3. The van der Waals surface area contributed by atoms with Crippen LogP contribution in [0.15, 0.2) is 18.2 Å². The summed E-state index contributed by atoms with van der Waals surface area (Å²) in [5.74, 6) is 0. The Hall–Kier alpha value is -0.750. The molecule has 1 aromatic rings. The normalized spacial score (nSPS) is 10.3. The van der Waals surface area contributed by atoms with Gasteiger partial charge in [0, 0.05) is 0 Å². The van der Waals surface area contributed by atoms with Crippen molar-refractivity contribution in [3.05, 3.63) is 28.2 Å². The summed E-state index contributed by atoms with van der Waals surface area (Å²) in [7, 11) is 4.18. The highest BCUT2D eigenvalue weighted by molar-refractivity contribution is 7.80. The molecule has 100 valence electrons. The Morgan fingerprint density at radius 1 is 1.28 bits per heavy atom. The molecule has 0 aliphatic rings. The van der Waals surface area contributed by atoms with Gasteiger partial charge in [0.2, 0.25) is 0 Å². The highest BCUT2D eigenvalue weighted by Crippen LogP contribution is 2.24. The maximum atomic E-state index is 5.90. The summed E-state index contributed by atoms with van der Waals surface area (Å²) in [5, 5.41) is 4.66. The molecule has 0 saturated heterocycles. The maximum absolute atomic E-state index is 5.90. The molecule has 0 aromatic heterocycles. The number of nitrogens with one attached hydrogen (secondary N) is 4. The second-order valence-corrected chi connectivity index (χ2v) is 5.31. The van der Waals surface area contributed by atoms with Crippen LogP contribution in [0.5, 0.6) is 0 Å². The maximum Gasteiger partial charge on any atom is 0.185 e. The Bertz CT molecular complexity index is 412. The van der Waals surface area contributed by atoms with Gasteiger partial charge in [-0.15, -0.1) is 0 Å². The number of quaternary nitrogens is 1. The first kappa shape index (κ1) is 15.3. The minimum absolute atomic E-state index is 0.499. The quantitative estimate of drug-likeness (QED) is 0.482. The van der Waals surface area contributed by atoms with Crippen LogP contribution >= 0.6 is 35.4 Å². The van der Waals surface area contributed by atoms with Crippen molar-refractivity contribution in [1.82, 2.24) is 10.7 Å². The smallest absolute Gasteiger partial charge is 0.185 e. The summed E-state index contributed by atoms with van der Waals surface area (Å²) in [6.07, 6.45) is 0. The summed E-state index contributed by atoms with van der Waals surface area (Å²) in [6.45, 7) is 1.81. The number of hydrazine groups is 1. The van der Waals surface area contributed by atoms with E-state index in [-0.39, 0.29) is 0 Å². The summed E-state index contributed by atoms with van der Waals surface area (Å²) in [6, 6.07) is 5.26. The number of anilines is 1. The number of rotatable bonds is 5. The van der Waals surface area contributed by atoms with Gasteiger partial charge in [-0.05, 0) is 30.4 Å². The molecule has 4 N–H and O–H groups in total. The number of thiocarbonyl (C=S) groups is 1. The summed E-state index contributed by atoms with van der Waals surface area (Å²) in [5.41, 5.74) is 6.62. The van der Waals surface area contributed by atoms with E-state index in [0.717, 1.165) is 18.8 Å². The average Bonchev–Trinajstić information content (AvgIpc) is 2.30. The first-order valence-corrected chi connectivity index (χ1v) is 6.69. The fourth-order valence-electron chi connectivity index (χ4n) is 1.17. The molecule has 0 amide bonds. The largest absolute Gasteiger partial charge is 0.356 e. The van der Waals surface area contributed by atoms with Gasteiger partial charge in [-0.25, -0.2) is 0 Å². The first-order chi connectivity index (χ1) is 8.49. The van der Waals surface area contributed by atoms with Gasteiger partial charge in [-0.2, -0.15) is 0 Å². The van der Waals surface area contributed by atoms with E-state index in [1.807, 2.05) is 6.07 Å². The molecular weight excluding hydrogens is 291 g/mol. The van der Waals surface area contributed by atoms with Crippen molar-refractivity contribution >= 4 is 46.2 Å². The Labute approximate surface area is 123 Å². The first-order valence-electron chi connectivity index (χ1n) is 5.53. The molecule has 7 heteroatoms. The SMILES string of the molecule is C[NH+](C)CCNC(=S)NNc1ccc(Cl)c(Cl)c1. The van der Waals surface area contributed by atoms with Gasteiger partial charge >= 0.3 is 0 Å². The van der Waals surface area contributed by atoms with Crippen LogP contribution in [-0.4, -0.2) is 32.3 Å². The fourth-order valence-corrected chi connectivity index (χ4v) is 1.62. The van der Waals surface area contributed by atoms with Crippen molar-refractivity contribution in [1.29, 1.82) is 0 Å². The lowest BCUT2D eigenvalue weighted by Crippen LogP contribution is -3.06. The van der Waals surface area contributed by atoms with Crippen LogP contribution in [0, 0.1) is 0 Å².